The molecule has 1 heterocycles. The second-order valence-corrected chi connectivity index (χ2v) is 7.88. The summed E-state index contributed by atoms with van der Waals surface area (Å²) in [5.74, 6) is -2.31. The molecule has 0 fully saturated rings. The number of hydrogen-bond acceptors (Lipinski definition) is 8. The van der Waals surface area contributed by atoms with Crippen LogP contribution >= 0.6 is 11.8 Å². The van der Waals surface area contributed by atoms with Gasteiger partial charge in [0.1, 0.15) is 0 Å². The summed E-state index contributed by atoms with van der Waals surface area (Å²) in [5, 5.41) is 24.9. The van der Waals surface area contributed by atoms with Gasteiger partial charge in [-0.15, -0.1) is 0 Å². The number of nitro benzene ring substituents is 1. The molecule has 0 unspecified atom stereocenters. The Morgan fingerprint density at radius 3 is 2.58 bits per heavy atom. The summed E-state index contributed by atoms with van der Waals surface area (Å²) in [6.45, 7) is 1.76. The second-order valence-electron chi connectivity index (χ2n) is 6.89. The number of carbonyl (C=O) groups is 2. The van der Waals surface area contributed by atoms with Crippen molar-refractivity contribution in [2.45, 2.75) is 12.8 Å². The Kier molecular flexibility index (Phi) is 7.48. The molecule has 10 heteroatoms. The van der Waals surface area contributed by atoms with Gasteiger partial charge in [-0.3, -0.25) is 14.9 Å². The summed E-state index contributed by atoms with van der Waals surface area (Å²) >= 11 is 1.02. The SMILES string of the molecule is CCOC(=O)C1=C(c2ccccc2)NC(SCC(N)=O)=C(C#N)[C@@H]1c1cccc([N+](=O)[O-])c1. The molecule has 0 saturated carbocycles. The van der Waals surface area contributed by atoms with Gasteiger partial charge in [0.25, 0.3) is 5.69 Å². The zero-order chi connectivity index (χ0) is 24.0. The van der Waals surface area contributed by atoms with Crippen molar-refractivity contribution >= 4 is 35.0 Å². The lowest BCUT2D eigenvalue weighted by molar-refractivity contribution is -0.384. The second kappa shape index (κ2) is 10.5. The van der Waals surface area contributed by atoms with E-state index in [0.717, 1.165) is 11.8 Å². The first kappa shape index (κ1) is 23.6. The maximum Gasteiger partial charge on any atom is 0.337 e. The first-order valence-corrected chi connectivity index (χ1v) is 10.9. The van der Waals surface area contributed by atoms with Crippen LogP contribution in [0.25, 0.3) is 5.70 Å². The largest absolute Gasteiger partial charge is 0.463 e. The van der Waals surface area contributed by atoms with Crippen LogP contribution < -0.4 is 11.1 Å². The van der Waals surface area contributed by atoms with Gasteiger partial charge in [0, 0.05) is 12.1 Å². The number of nitrogens with zero attached hydrogens (tertiary/aromatic N) is 2. The molecule has 33 heavy (non-hydrogen) atoms. The normalized spacial score (nSPS) is 15.5. The molecule has 2 aromatic carbocycles. The highest BCUT2D eigenvalue weighted by atomic mass is 32.2. The minimum atomic E-state index is -0.958. The third-order valence-electron chi connectivity index (χ3n) is 4.78. The number of nitrogens with one attached hydrogen (secondary N) is 1. The Bertz CT molecular complexity index is 1200. The number of amides is 1. The van der Waals surface area contributed by atoms with E-state index in [2.05, 4.69) is 11.4 Å². The molecule has 168 valence electrons. The number of nitro groups is 1. The number of primary amides is 1. The van der Waals surface area contributed by atoms with Crippen LogP contribution in [0.3, 0.4) is 0 Å². The lowest BCUT2D eigenvalue weighted by Crippen LogP contribution is -2.30. The zero-order valence-electron chi connectivity index (χ0n) is 17.6. The lowest BCUT2D eigenvalue weighted by Gasteiger charge is -2.30. The van der Waals surface area contributed by atoms with Crippen LogP contribution in [0.15, 0.2) is 70.8 Å². The Balaban J connectivity index is 2.31. The molecule has 2 aromatic rings. The van der Waals surface area contributed by atoms with Crippen LogP contribution in [0.2, 0.25) is 0 Å². The molecule has 1 atom stereocenters. The van der Waals surface area contributed by atoms with Crippen molar-refractivity contribution in [2.75, 3.05) is 12.4 Å². The molecule has 1 amide bonds. The third kappa shape index (κ3) is 5.22. The number of nitrogens with two attached hydrogens (primary N) is 1. The van der Waals surface area contributed by atoms with E-state index < -0.39 is 22.7 Å². The predicted octanol–water partition coefficient (Wildman–Crippen LogP) is 3.21. The smallest absolute Gasteiger partial charge is 0.337 e. The van der Waals surface area contributed by atoms with Gasteiger partial charge in [-0.2, -0.15) is 5.26 Å². The molecule has 0 radical (unpaired) electrons. The first-order valence-electron chi connectivity index (χ1n) is 9.90. The monoisotopic (exact) mass is 464 g/mol. The van der Waals surface area contributed by atoms with E-state index in [1.54, 1.807) is 37.3 Å². The number of non-ortho nitro benzene ring substituents is 1. The van der Waals surface area contributed by atoms with E-state index in [1.807, 2.05) is 6.07 Å². The standard InChI is InChI=1S/C23H20N4O5S/c1-2-32-23(29)20-19(15-9-6-10-16(11-15)27(30)31)17(12-24)22(33-13-18(25)28)26-21(20)14-7-4-3-5-8-14/h3-11,19,26H,2,13H2,1H3,(H2,25,28)/t19-/m0/s1. The van der Waals surface area contributed by atoms with Crippen LogP contribution in [-0.4, -0.2) is 29.2 Å². The van der Waals surface area contributed by atoms with Gasteiger partial charge >= 0.3 is 5.97 Å². The Morgan fingerprint density at radius 1 is 1.24 bits per heavy atom. The number of rotatable bonds is 8. The number of esters is 1. The summed E-state index contributed by atoms with van der Waals surface area (Å²) < 4.78 is 5.31. The minimum Gasteiger partial charge on any atom is -0.463 e. The average Bonchev–Trinajstić information content (AvgIpc) is 2.82. The fourth-order valence-electron chi connectivity index (χ4n) is 3.45. The molecule has 1 aliphatic heterocycles. The number of thioether (sulfide) groups is 1. The third-order valence-corrected chi connectivity index (χ3v) is 5.82. The number of ether oxygens (including phenoxy) is 1. The van der Waals surface area contributed by atoms with Crippen LogP contribution in [-0.2, 0) is 14.3 Å². The van der Waals surface area contributed by atoms with E-state index in [-0.39, 0.29) is 29.2 Å². The molecule has 3 N–H and O–H groups in total. The number of hydrogen-bond donors (Lipinski definition) is 2. The van der Waals surface area contributed by atoms with Crippen LogP contribution in [0.4, 0.5) is 5.69 Å². The van der Waals surface area contributed by atoms with Crippen LogP contribution in [0.5, 0.6) is 0 Å². The fraction of sp³-hybridized carbons (Fsp3) is 0.174. The van der Waals surface area contributed by atoms with Crippen LogP contribution in [0, 0.1) is 21.4 Å². The summed E-state index contributed by atoms with van der Waals surface area (Å²) in [5.41, 5.74) is 6.79. The summed E-state index contributed by atoms with van der Waals surface area (Å²) in [6, 6.07) is 16.8. The Morgan fingerprint density at radius 2 is 1.97 bits per heavy atom. The summed E-state index contributed by atoms with van der Waals surface area (Å²) in [4.78, 5) is 35.4. The molecule has 0 bridgehead atoms. The van der Waals surface area contributed by atoms with Crippen molar-refractivity contribution in [3.63, 3.8) is 0 Å². The Labute approximate surface area is 194 Å². The van der Waals surface area contributed by atoms with Gasteiger partial charge in [0.15, 0.2) is 0 Å². The van der Waals surface area contributed by atoms with E-state index >= 15 is 0 Å². The Hall–Kier alpha value is -4.10. The maximum atomic E-state index is 13.2. The van der Waals surface area contributed by atoms with Gasteiger partial charge in [-0.1, -0.05) is 54.2 Å². The van der Waals surface area contributed by atoms with Gasteiger partial charge in [-0.25, -0.2) is 4.79 Å². The first-order chi connectivity index (χ1) is 15.9. The number of dihydropyridines is 1. The summed E-state index contributed by atoms with van der Waals surface area (Å²) in [7, 11) is 0. The average molecular weight is 465 g/mol. The number of nitriles is 1. The predicted molar refractivity (Wildman–Crippen MR) is 123 cm³/mol. The van der Waals surface area contributed by atoms with Crippen molar-refractivity contribution in [3.8, 4) is 6.07 Å². The molecule has 1 aliphatic rings. The fourth-order valence-corrected chi connectivity index (χ4v) is 4.23. The van der Waals surface area contributed by atoms with Gasteiger partial charge in [0.2, 0.25) is 5.91 Å². The van der Waals surface area contributed by atoms with Gasteiger partial charge in [0.05, 0.1) is 51.1 Å². The molecule has 9 nitrogen and oxygen atoms in total. The van der Waals surface area contributed by atoms with Gasteiger partial charge < -0.3 is 15.8 Å². The van der Waals surface area contributed by atoms with E-state index in [4.69, 9.17) is 10.5 Å². The van der Waals surface area contributed by atoms with Crippen molar-refractivity contribution in [1.29, 1.82) is 5.26 Å². The molecule has 0 saturated heterocycles. The van der Waals surface area contributed by atoms with E-state index in [1.165, 1.54) is 18.2 Å². The topological polar surface area (TPSA) is 148 Å². The van der Waals surface area contributed by atoms with Crippen molar-refractivity contribution in [1.82, 2.24) is 5.32 Å². The van der Waals surface area contributed by atoms with E-state index in [0.29, 0.717) is 21.9 Å². The highest BCUT2D eigenvalue weighted by Crippen LogP contribution is 2.44. The molecule has 0 aromatic heterocycles. The maximum absolute atomic E-state index is 13.2. The minimum absolute atomic E-state index is 0.0982. The van der Waals surface area contributed by atoms with E-state index in [9.17, 15) is 25.0 Å². The molecular weight excluding hydrogens is 444 g/mol. The van der Waals surface area contributed by atoms with Gasteiger partial charge in [-0.05, 0) is 18.1 Å². The number of carbonyl (C=O) groups excluding carboxylic acids is 2. The number of allylic oxidation sites excluding steroid dienone is 1. The van der Waals surface area contributed by atoms with Crippen LogP contribution in [0.1, 0.15) is 24.0 Å². The highest BCUT2D eigenvalue weighted by Gasteiger charge is 2.37. The molecule has 3 rings (SSSR count). The number of benzene rings is 2. The molecule has 0 spiro atoms. The molecule has 0 aliphatic carbocycles. The summed E-state index contributed by atoms with van der Waals surface area (Å²) in [6.07, 6.45) is 0. The highest BCUT2D eigenvalue weighted by molar-refractivity contribution is 8.03. The quantitative estimate of drug-likeness (QED) is 0.344. The van der Waals surface area contributed by atoms with Crippen molar-refractivity contribution in [3.05, 3.63) is 92.0 Å². The van der Waals surface area contributed by atoms with Crippen molar-refractivity contribution < 1.29 is 19.2 Å². The molecular formula is C23H20N4O5S. The lowest BCUT2D eigenvalue weighted by atomic mass is 9.81. The zero-order valence-corrected chi connectivity index (χ0v) is 18.4. The van der Waals surface area contributed by atoms with Crippen molar-refractivity contribution in [2.24, 2.45) is 5.73 Å².